The summed E-state index contributed by atoms with van der Waals surface area (Å²) in [7, 11) is 0. The Balaban J connectivity index is 2.39. The lowest BCUT2D eigenvalue weighted by atomic mass is 9.94. The number of rotatable bonds is 6. The first kappa shape index (κ1) is 13.8. The minimum atomic E-state index is 0.193. The van der Waals surface area contributed by atoms with E-state index >= 15 is 0 Å². The quantitative estimate of drug-likeness (QED) is 0.644. The number of allylic oxidation sites excluding steroid dienone is 3. The van der Waals surface area contributed by atoms with Gasteiger partial charge in [-0.3, -0.25) is 4.79 Å². The SMILES string of the molecule is C=CCN(CC=CC1CC=CCC1)C(=O)CC. The maximum atomic E-state index is 11.6. The molecule has 0 spiro atoms. The lowest BCUT2D eigenvalue weighted by Gasteiger charge is -2.19. The van der Waals surface area contributed by atoms with Crippen LogP contribution < -0.4 is 0 Å². The van der Waals surface area contributed by atoms with E-state index in [2.05, 4.69) is 30.9 Å². The van der Waals surface area contributed by atoms with Crippen molar-refractivity contribution in [2.24, 2.45) is 5.92 Å². The van der Waals surface area contributed by atoms with Gasteiger partial charge in [0.2, 0.25) is 5.91 Å². The first-order valence-electron chi connectivity index (χ1n) is 6.48. The first-order chi connectivity index (χ1) is 8.27. The van der Waals surface area contributed by atoms with Gasteiger partial charge in [-0.2, -0.15) is 0 Å². The first-order valence-corrected chi connectivity index (χ1v) is 6.48. The van der Waals surface area contributed by atoms with Gasteiger partial charge < -0.3 is 4.90 Å². The Kier molecular flexibility index (Phi) is 6.38. The van der Waals surface area contributed by atoms with Crippen LogP contribution in [0.4, 0.5) is 0 Å². The molecule has 1 aliphatic rings. The second-order valence-corrected chi connectivity index (χ2v) is 4.41. The Labute approximate surface area is 105 Å². The van der Waals surface area contributed by atoms with Gasteiger partial charge in [-0.15, -0.1) is 6.58 Å². The van der Waals surface area contributed by atoms with Crippen molar-refractivity contribution < 1.29 is 4.79 Å². The molecule has 1 rings (SSSR count). The molecule has 0 fully saturated rings. The molecule has 0 bridgehead atoms. The third kappa shape index (κ3) is 5.03. The van der Waals surface area contributed by atoms with Gasteiger partial charge in [-0.1, -0.05) is 37.3 Å². The van der Waals surface area contributed by atoms with Gasteiger partial charge >= 0.3 is 0 Å². The third-order valence-corrected chi connectivity index (χ3v) is 3.05. The Bertz CT molecular complexity index is 304. The second kappa shape index (κ2) is 7.88. The largest absolute Gasteiger partial charge is 0.335 e. The molecule has 1 aliphatic carbocycles. The van der Waals surface area contributed by atoms with E-state index in [1.807, 2.05) is 11.8 Å². The van der Waals surface area contributed by atoms with Crippen molar-refractivity contribution in [3.63, 3.8) is 0 Å². The van der Waals surface area contributed by atoms with E-state index in [1.165, 1.54) is 12.8 Å². The van der Waals surface area contributed by atoms with E-state index < -0.39 is 0 Å². The molecule has 1 atom stereocenters. The molecule has 94 valence electrons. The van der Waals surface area contributed by atoms with Gasteiger partial charge in [-0.05, 0) is 25.2 Å². The van der Waals surface area contributed by atoms with Crippen molar-refractivity contribution in [1.29, 1.82) is 0 Å². The summed E-state index contributed by atoms with van der Waals surface area (Å²) in [5.41, 5.74) is 0. The molecule has 0 saturated heterocycles. The molecule has 2 heteroatoms. The molecule has 0 saturated carbocycles. The summed E-state index contributed by atoms with van der Waals surface area (Å²) in [4.78, 5) is 13.5. The number of carbonyl (C=O) groups is 1. The van der Waals surface area contributed by atoms with Gasteiger partial charge in [0.1, 0.15) is 0 Å². The van der Waals surface area contributed by atoms with Gasteiger partial charge in [0.05, 0.1) is 0 Å². The number of nitrogens with zero attached hydrogens (tertiary/aromatic N) is 1. The molecule has 0 heterocycles. The molecule has 1 amide bonds. The van der Waals surface area contributed by atoms with Crippen LogP contribution in [-0.4, -0.2) is 23.9 Å². The van der Waals surface area contributed by atoms with E-state index in [9.17, 15) is 4.79 Å². The highest BCUT2D eigenvalue weighted by molar-refractivity contribution is 5.76. The zero-order valence-electron chi connectivity index (χ0n) is 10.8. The van der Waals surface area contributed by atoms with Crippen LogP contribution in [0.15, 0.2) is 37.0 Å². The fourth-order valence-electron chi connectivity index (χ4n) is 2.03. The number of hydrogen-bond donors (Lipinski definition) is 0. The van der Waals surface area contributed by atoms with Crippen molar-refractivity contribution in [3.05, 3.63) is 37.0 Å². The molecule has 0 aromatic carbocycles. The molecule has 17 heavy (non-hydrogen) atoms. The standard InChI is InChI=1S/C15H23NO/c1-3-12-16(15(17)4-2)13-8-11-14-9-6-5-7-10-14/h3,5-6,8,11,14H,1,4,7,9-10,12-13H2,2H3. The summed E-state index contributed by atoms with van der Waals surface area (Å²) < 4.78 is 0. The zero-order chi connectivity index (χ0) is 12.5. The Morgan fingerprint density at radius 1 is 1.47 bits per heavy atom. The average Bonchev–Trinajstić information content (AvgIpc) is 2.38. The normalized spacial score (nSPS) is 19.5. The predicted octanol–water partition coefficient (Wildman–Crippen LogP) is 3.32. The van der Waals surface area contributed by atoms with Gasteiger partial charge in [0.15, 0.2) is 0 Å². The van der Waals surface area contributed by atoms with Crippen LogP contribution >= 0.6 is 0 Å². The Hall–Kier alpha value is -1.31. The van der Waals surface area contributed by atoms with Crippen LogP contribution in [0.3, 0.4) is 0 Å². The molecule has 0 N–H and O–H groups in total. The Morgan fingerprint density at radius 3 is 2.88 bits per heavy atom. The molecule has 0 aromatic heterocycles. The molecular formula is C15H23NO. The highest BCUT2D eigenvalue weighted by Gasteiger charge is 2.08. The topological polar surface area (TPSA) is 20.3 Å². The molecule has 2 nitrogen and oxygen atoms in total. The fraction of sp³-hybridized carbons (Fsp3) is 0.533. The van der Waals surface area contributed by atoms with E-state index in [0.29, 0.717) is 25.4 Å². The highest BCUT2D eigenvalue weighted by Crippen LogP contribution is 2.19. The van der Waals surface area contributed by atoms with E-state index in [1.54, 1.807) is 6.08 Å². The summed E-state index contributed by atoms with van der Waals surface area (Å²) in [5, 5.41) is 0. The van der Waals surface area contributed by atoms with Crippen LogP contribution in [-0.2, 0) is 4.79 Å². The van der Waals surface area contributed by atoms with Crippen molar-refractivity contribution in [2.75, 3.05) is 13.1 Å². The smallest absolute Gasteiger partial charge is 0.222 e. The van der Waals surface area contributed by atoms with E-state index in [0.717, 1.165) is 6.42 Å². The molecule has 1 unspecified atom stereocenters. The average molecular weight is 233 g/mol. The van der Waals surface area contributed by atoms with Gasteiger partial charge in [-0.25, -0.2) is 0 Å². The van der Waals surface area contributed by atoms with Crippen molar-refractivity contribution in [3.8, 4) is 0 Å². The highest BCUT2D eigenvalue weighted by atomic mass is 16.2. The van der Waals surface area contributed by atoms with Crippen LogP contribution in [0.25, 0.3) is 0 Å². The van der Waals surface area contributed by atoms with Crippen molar-refractivity contribution in [1.82, 2.24) is 4.90 Å². The van der Waals surface area contributed by atoms with Gasteiger partial charge in [0, 0.05) is 19.5 Å². The third-order valence-electron chi connectivity index (χ3n) is 3.05. The summed E-state index contributed by atoms with van der Waals surface area (Å²) >= 11 is 0. The maximum Gasteiger partial charge on any atom is 0.222 e. The predicted molar refractivity (Wildman–Crippen MR) is 72.7 cm³/mol. The van der Waals surface area contributed by atoms with Crippen molar-refractivity contribution in [2.45, 2.75) is 32.6 Å². The lowest BCUT2D eigenvalue weighted by Crippen LogP contribution is -2.30. The number of hydrogen-bond acceptors (Lipinski definition) is 1. The number of amides is 1. The van der Waals surface area contributed by atoms with Gasteiger partial charge in [0.25, 0.3) is 0 Å². The fourth-order valence-corrected chi connectivity index (χ4v) is 2.03. The summed E-state index contributed by atoms with van der Waals surface area (Å²) in [5.74, 6) is 0.848. The molecule has 0 aromatic rings. The van der Waals surface area contributed by atoms with E-state index in [-0.39, 0.29) is 5.91 Å². The minimum absolute atomic E-state index is 0.193. The zero-order valence-corrected chi connectivity index (χ0v) is 10.8. The van der Waals surface area contributed by atoms with E-state index in [4.69, 9.17) is 0 Å². The molecule has 0 aliphatic heterocycles. The van der Waals surface area contributed by atoms with Crippen molar-refractivity contribution >= 4 is 5.91 Å². The second-order valence-electron chi connectivity index (χ2n) is 4.41. The van der Waals surface area contributed by atoms with Crippen LogP contribution in [0, 0.1) is 5.92 Å². The lowest BCUT2D eigenvalue weighted by molar-refractivity contribution is -0.129. The van der Waals surface area contributed by atoms with Crippen LogP contribution in [0.1, 0.15) is 32.6 Å². The Morgan fingerprint density at radius 2 is 2.29 bits per heavy atom. The minimum Gasteiger partial charge on any atom is -0.335 e. The summed E-state index contributed by atoms with van der Waals surface area (Å²) in [6, 6.07) is 0. The van der Waals surface area contributed by atoms with Crippen LogP contribution in [0.2, 0.25) is 0 Å². The summed E-state index contributed by atoms with van der Waals surface area (Å²) in [6.07, 6.45) is 14.8. The summed E-state index contributed by atoms with van der Waals surface area (Å²) in [6.45, 7) is 6.93. The molecular weight excluding hydrogens is 210 g/mol. The monoisotopic (exact) mass is 233 g/mol. The number of carbonyl (C=O) groups excluding carboxylic acids is 1. The maximum absolute atomic E-state index is 11.6. The molecule has 0 radical (unpaired) electrons. The van der Waals surface area contributed by atoms with Crippen LogP contribution in [0.5, 0.6) is 0 Å².